The zero-order valence-electron chi connectivity index (χ0n) is 15.1. The second-order valence-electron chi connectivity index (χ2n) is 6.38. The molecule has 0 saturated heterocycles. The van der Waals surface area contributed by atoms with Crippen molar-refractivity contribution in [3.8, 4) is 5.75 Å². The first-order valence-corrected chi connectivity index (χ1v) is 8.69. The minimum Gasteiger partial charge on any atom is -0.481 e. The van der Waals surface area contributed by atoms with Gasteiger partial charge >= 0.3 is 5.63 Å². The lowest BCUT2D eigenvalue weighted by atomic mass is 9.97. The Morgan fingerprint density at radius 1 is 1.19 bits per heavy atom. The molecule has 1 atom stereocenters. The average Bonchev–Trinajstić information content (AvgIpc) is 2.63. The van der Waals surface area contributed by atoms with E-state index in [0.717, 1.165) is 0 Å². The van der Waals surface area contributed by atoms with Crippen LogP contribution in [0.3, 0.4) is 0 Å². The van der Waals surface area contributed by atoms with Crippen LogP contribution in [0.5, 0.6) is 5.75 Å². The first-order chi connectivity index (χ1) is 13.0. The zero-order chi connectivity index (χ0) is 19.3. The molecule has 27 heavy (non-hydrogen) atoms. The predicted molar refractivity (Wildman–Crippen MR) is 101 cm³/mol. The highest BCUT2D eigenvalue weighted by molar-refractivity contribution is 6.10. The quantitative estimate of drug-likeness (QED) is 0.384. The van der Waals surface area contributed by atoms with E-state index in [1.54, 1.807) is 19.9 Å². The number of benzene rings is 1. The smallest absolute Gasteiger partial charge is 0.372 e. The van der Waals surface area contributed by atoms with Crippen LogP contribution in [0.4, 0.5) is 4.39 Å². The maximum Gasteiger partial charge on any atom is 0.372 e. The molecule has 0 bridgehead atoms. The molecule has 3 aromatic rings. The number of halogens is 1. The molecule has 138 valence electrons. The minimum absolute atomic E-state index is 0.00437. The van der Waals surface area contributed by atoms with E-state index in [2.05, 4.69) is 0 Å². The molecule has 5 nitrogen and oxygen atoms in total. The fourth-order valence-electron chi connectivity index (χ4n) is 3.49. The lowest BCUT2D eigenvalue weighted by Crippen LogP contribution is -2.18. The van der Waals surface area contributed by atoms with Gasteiger partial charge in [0.25, 0.3) is 0 Å². The number of hydrogen-bond acceptors (Lipinski definition) is 5. The molecule has 0 radical (unpaired) electrons. The van der Waals surface area contributed by atoms with Gasteiger partial charge in [0, 0.05) is 11.6 Å². The van der Waals surface area contributed by atoms with Crippen molar-refractivity contribution in [2.24, 2.45) is 0 Å². The summed E-state index contributed by atoms with van der Waals surface area (Å²) >= 11 is 0. The molecule has 2 aromatic heterocycles. The molecule has 1 aromatic carbocycles. The van der Waals surface area contributed by atoms with Crippen molar-refractivity contribution >= 4 is 28.0 Å². The van der Waals surface area contributed by atoms with E-state index in [1.165, 1.54) is 6.07 Å². The van der Waals surface area contributed by atoms with Gasteiger partial charge in [0.1, 0.15) is 23.0 Å². The van der Waals surface area contributed by atoms with Gasteiger partial charge in [-0.3, -0.25) is 4.79 Å². The van der Waals surface area contributed by atoms with Crippen molar-refractivity contribution in [3.05, 3.63) is 67.6 Å². The fraction of sp³-hybridized carbons (Fsp3) is 0.238. The maximum absolute atomic E-state index is 14.5. The van der Waals surface area contributed by atoms with E-state index in [-0.39, 0.29) is 40.1 Å². The molecule has 1 aliphatic heterocycles. The molecule has 0 saturated carbocycles. The third kappa shape index (κ3) is 2.51. The highest BCUT2D eigenvalue weighted by atomic mass is 19.1. The zero-order valence-corrected chi connectivity index (χ0v) is 15.1. The maximum atomic E-state index is 14.5. The summed E-state index contributed by atoms with van der Waals surface area (Å²) in [5.41, 5.74) is -0.528. The van der Waals surface area contributed by atoms with E-state index < -0.39 is 11.4 Å². The van der Waals surface area contributed by atoms with Gasteiger partial charge in [-0.05, 0) is 38.5 Å². The molecule has 0 fully saturated rings. The fourth-order valence-corrected chi connectivity index (χ4v) is 3.49. The molecular weight excluding hydrogens is 351 g/mol. The third-order valence-electron chi connectivity index (χ3n) is 4.62. The van der Waals surface area contributed by atoms with E-state index in [9.17, 15) is 14.0 Å². The molecule has 0 amide bonds. The van der Waals surface area contributed by atoms with E-state index >= 15 is 0 Å². The highest BCUT2D eigenvalue weighted by Gasteiger charge is 2.28. The standard InChI is InChI=1S/C21H17FO5/c1-4-6-11-7-8-13-18(26-11)15-12(5-2)17(22)21(24)27-20(15)16-14(23)9-10(3)25-19(13)16/h4,6-9,11H,5H2,1-3H3. The summed E-state index contributed by atoms with van der Waals surface area (Å²) in [6.07, 6.45) is 7.16. The number of ether oxygens (including phenoxy) is 1. The largest absolute Gasteiger partial charge is 0.481 e. The molecule has 1 aliphatic rings. The number of rotatable bonds is 2. The normalized spacial score (nSPS) is 16.2. The first-order valence-electron chi connectivity index (χ1n) is 8.69. The Morgan fingerprint density at radius 2 is 1.96 bits per heavy atom. The summed E-state index contributed by atoms with van der Waals surface area (Å²) in [4.78, 5) is 24.7. The molecule has 0 spiro atoms. The number of allylic oxidation sites excluding steroid dienone is 1. The summed E-state index contributed by atoms with van der Waals surface area (Å²) in [5.74, 6) is -0.210. The predicted octanol–water partition coefficient (Wildman–Crippen LogP) is 4.26. The third-order valence-corrected chi connectivity index (χ3v) is 4.62. The first kappa shape index (κ1) is 17.3. The number of fused-ring (bicyclic) bond motifs is 6. The van der Waals surface area contributed by atoms with Gasteiger partial charge in [-0.2, -0.15) is 4.39 Å². The molecular formula is C21H17FO5. The number of hydrogen-bond donors (Lipinski definition) is 0. The Labute approximate surface area is 153 Å². The average molecular weight is 368 g/mol. The molecule has 0 aliphatic carbocycles. The van der Waals surface area contributed by atoms with Crippen molar-refractivity contribution in [1.29, 1.82) is 0 Å². The lowest BCUT2D eigenvalue weighted by Gasteiger charge is -2.22. The SMILES string of the molecule is CC=CC1C=Cc2c(c3c(CC)c(F)c(=O)oc3c3c(=O)cc(C)oc23)O1. The topological polar surface area (TPSA) is 69.7 Å². The summed E-state index contributed by atoms with van der Waals surface area (Å²) < 4.78 is 31.6. The van der Waals surface area contributed by atoms with Crippen LogP contribution in [-0.2, 0) is 6.42 Å². The molecule has 0 N–H and O–H groups in total. The molecule has 3 heterocycles. The van der Waals surface area contributed by atoms with Gasteiger partial charge in [-0.1, -0.05) is 13.0 Å². The Hall–Kier alpha value is -3.15. The summed E-state index contributed by atoms with van der Waals surface area (Å²) in [5, 5.41) is 0.408. The van der Waals surface area contributed by atoms with Gasteiger partial charge in [-0.25, -0.2) is 4.79 Å². The van der Waals surface area contributed by atoms with Crippen molar-refractivity contribution in [2.45, 2.75) is 33.3 Å². The van der Waals surface area contributed by atoms with E-state index in [0.29, 0.717) is 22.5 Å². The number of aryl methyl sites for hydroxylation is 2. The van der Waals surface area contributed by atoms with Crippen molar-refractivity contribution in [1.82, 2.24) is 0 Å². The molecule has 1 unspecified atom stereocenters. The van der Waals surface area contributed by atoms with Gasteiger partial charge < -0.3 is 13.6 Å². The van der Waals surface area contributed by atoms with Crippen LogP contribution < -0.4 is 15.8 Å². The Bertz CT molecular complexity index is 1260. The van der Waals surface area contributed by atoms with Crippen LogP contribution in [0.1, 0.15) is 30.7 Å². The lowest BCUT2D eigenvalue weighted by molar-refractivity contribution is 0.295. The minimum atomic E-state index is -1.11. The second kappa shape index (κ2) is 6.23. The van der Waals surface area contributed by atoms with E-state index in [1.807, 2.05) is 25.2 Å². The van der Waals surface area contributed by atoms with E-state index in [4.69, 9.17) is 13.6 Å². The van der Waals surface area contributed by atoms with Crippen LogP contribution in [0.25, 0.3) is 28.0 Å². The van der Waals surface area contributed by atoms with Gasteiger partial charge in [0.05, 0.1) is 10.9 Å². The van der Waals surface area contributed by atoms with Crippen molar-refractivity contribution in [2.75, 3.05) is 0 Å². The van der Waals surface area contributed by atoms with Gasteiger partial charge in [0.2, 0.25) is 5.82 Å². The van der Waals surface area contributed by atoms with Crippen LogP contribution in [-0.4, -0.2) is 6.10 Å². The Balaban J connectivity index is 2.30. The van der Waals surface area contributed by atoms with Crippen molar-refractivity contribution in [3.63, 3.8) is 0 Å². The summed E-state index contributed by atoms with van der Waals surface area (Å²) in [6, 6.07) is 1.32. The van der Waals surface area contributed by atoms with Crippen LogP contribution in [0.2, 0.25) is 0 Å². The van der Waals surface area contributed by atoms with Crippen LogP contribution in [0.15, 0.2) is 42.7 Å². The van der Waals surface area contributed by atoms with Crippen molar-refractivity contribution < 1.29 is 18.0 Å². The Kier molecular flexibility index (Phi) is 3.98. The molecule has 4 rings (SSSR count). The summed E-state index contributed by atoms with van der Waals surface area (Å²) in [6.45, 7) is 5.25. The molecule has 6 heteroatoms. The van der Waals surface area contributed by atoms with Gasteiger partial charge in [0.15, 0.2) is 16.6 Å². The second-order valence-corrected chi connectivity index (χ2v) is 6.38. The van der Waals surface area contributed by atoms with Crippen LogP contribution in [0, 0.1) is 12.7 Å². The monoisotopic (exact) mass is 368 g/mol. The summed E-state index contributed by atoms with van der Waals surface area (Å²) in [7, 11) is 0. The Morgan fingerprint density at radius 3 is 2.67 bits per heavy atom. The van der Waals surface area contributed by atoms with Crippen LogP contribution >= 0.6 is 0 Å². The van der Waals surface area contributed by atoms with Gasteiger partial charge in [-0.15, -0.1) is 0 Å². The highest BCUT2D eigenvalue weighted by Crippen LogP contribution is 2.42.